The molecule has 0 aromatic heterocycles. The minimum atomic E-state index is -0.519. The van der Waals surface area contributed by atoms with E-state index in [-0.39, 0.29) is 0 Å². The molecule has 1 heterocycles. The van der Waals surface area contributed by atoms with E-state index in [0.29, 0.717) is 30.3 Å². The van der Waals surface area contributed by atoms with Gasteiger partial charge in [0.05, 0.1) is 23.9 Å². The second kappa shape index (κ2) is 7.16. The fourth-order valence-electron chi connectivity index (χ4n) is 2.60. The summed E-state index contributed by atoms with van der Waals surface area (Å²) < 4.78 is 11.2. The molecule has 0 amide bonds. The number of hydrogen-bond donors (Lipinski definition) is 0. The van der Waals surface area contributed by atoms with Gasteiger partial charge in [-0.2, -0.15) is 15.5 Å². The van der Waals surface area contributed by atoms with Crippen LogP contribution in [0.15, 0.2) is 29.3 Å². The lowest BCUT2D eigenvalue weighted by atomic mass is 9.96. The Bertz CT molecular complexity index is 766. The Hall–Kier alpha value is -2.83. The summed E-state index contributed by atoms with van der Waals surface area (Å²) in [7, 11) is 1.62. The van der Waals surface area contributed by atoms with Crippen LogP contribution in [0.4, 0.5) is 0 Å². The minimum absolute atomic E-state index is 0.476. The molecule has 124 valence electrons. The Morgan fingerprint density at radius 3 is 2.75 bits per heavy atom. The summed E-state index contributed by atoms with van der Waals surface area (Å²) in [6, 6.07) is 7.46. The summed E-state index contributed by atoms with van der Waals surface area (Å²) in [6.45, 7) is 6.70. The number of nitriles is 2. The molecule has 1 aromatic carbocycles. The maximum absolute atomic E-state index is 9.19. The zero-order valence-electron chi connectivity index (χ0n) is 14.3. The van der Waals surface area contributed by atoms with Crippen LogP contribution in [-0.4, -0.2) is 36.6 Å². The number of rotatable bonds is 4. The molecule has 1 aliphatic rings. The van der Waals surface area contributed by atoms with Crippen LogP contribution in [-0.2, 0) is 4.74 Å². The van der Waals surface area contributed by atoms with Crippen molar-refractivity contribution in [3.05, 3.63) is 35.4 Å². The molecule has 0 unspecified atom stereocenters. The standard InChI is InChI=1S/C18H20N4O2/c1-13(21-12-20)22(7-8-23-4)16-10-18(2,3)24-17-6-5-14(11-19)9-15(16)17/h5-6,9-10H,7-8H2,1-4H3. The molecule has 24 heavy (non-hydrogen) atoms. The van der Waals surface area contributed by atoms with Gasteiger partial charge in [-0.25, -0.2) is 0 Å². The molecule has 0 saturated heterocycles. The molecule has 1 aliphatic heterocycles. The van der Waals surface area contributed by atoms with Crippen molar-refractivity contribution in [1.82, 2.24) is 4.90 Å². The number of methoxy groups -OCH3 is 1. The van der Waals surface area contributed by atoms with Gasteiger partial charge in [-0.3, -0.25) is 0 Å². The molecule has 0 bridgehead atoms. The monoisotopic (exact) mass is 324 g/mol. The first-order valence-corrected chi connectivity index (χ1v) is 7.58. The summed E-state index contributed by atoms with van der Waals surface area (Å²) >= 11 is 0. The molecule has 0 aliphatic carbocycles. The number of hydrogen-bond acceptors (Lipinski definition) is 5. The lowest BCUT2D eigenvalue weighted by Gasteiger charge is -2.36. The third kappa shape index (κ3) is 3.73. The molecule has 2 rings (SSSR count). The normalized spacial score (nSPS) is 15.4. The molecule has 0 fully saturated rings. The van der Waals surface area contributed by atoms with Crippen LogP contribution in [0.2, 0.25) is 0 Å². The van der Waals surface area contributed by atoms with Gasteiger partial charge in [0.1, 0.15) is 17.2 Å². The van der Waals surface area contributed by atoms with Crippen molar-refractivity contribution in [1.29, 1.82) is 10.5 Å². The van der Waals surface area contributed by atoms with E-state index < -0.39 is 5.60 Å². The van der Waals surface area contributed by atoms with Crippen LogP contribution in [0, 0.1) is 22.8 Å². The van der Waals surface area contributed by atoms with Gasteiger partial charge in [-0.1, -0.05) is 0 Å². The van der Waals surface area contributed by atoms with Crippen LogP contribution in [0.1, 0.15) is 31.9 Å². The predicted octanol–water partition coefficient (Wildman–Crippen LogP) is 2.92. The Morgan fingerprint density at radius 1 is 1.38 bits per heavy atom. The van der Waals surface area contributed by atoms with Crippen LogP contribution in [0.5, 0.6) is 5.75 Å². The zero-order valence-corrected chi connectivity index (χ0v) is 14.3. The van der Waals surface area contributed by atoms with Gasteiger partial charge >= 0.3 is 0 Å². The largest absolute Gasteiger partial charge is 0.483 e. The SMILES string of the molecule is COCCN(C1=CC(C)(C)Oc2ccc(C#N)cc21)C(C)=NC#N. The topological polar surface area (TPSA) is 81.6 Å². The van der Waals surface area contributed by atoms with Crippen molar-refractivity contribution in [3.8, 4) is 18.0 Å². The number of ether oxygens (including phenoxy) is 2. The molecular weight excluding hydrogens is 304 g/mol. The van der Waals surface area contributed by atoms with E-state index in [2.05, 4.69) is 11.1 Å². The van der Waals surface area contributed by atoms with Gasteiger partial charge in [0.2, 0.25) is 6.19 Å². The van der Waals surface area contributed by atoms with Gasteiger partial charge in [-0.15, -0.1) is 0 Å². The molecule has 0 spiro atoms. The first kappa shape index (κ1) is 17.5. The van der Waals surface area contributed by atoms with E-state index in [0.717, 1.165) is 11.3 Å². The van der Waals surface area contributed by atoms with Gasteiger partial charge < -0.3 is 14.4 Å². The van der Waals surface area contributed by atoms with Crippen molar-refractivity contribution in [2.75, 3.05) is 20.3 Å². The van der Waals surface area contributed by atoms with E-state index in [9.17, 15) is 5.26 Å². The highest BCUT2D eigenvalue weighted by atomic mass is 16.5. The van der Waals surface area contributed by atoms with E-state index in [1.807, 2.05) is 31.0 Å². The summed E-state index contributed by atoms with van der Waals surface area (Å²) in [5.74, 6) is 1.26. The fourth-order valence-corrected chi connectivity index (χ4v) is 2.60. The summed E-state index contributed by atoms with van der Waals surface area (Å²) in [6.07, 6.45) is 3.80. The third-order valence-electron chi connectivity index (χ3n) is 3.65. The molecule has 0 radical (unpaired) electrons. The Kier molecular flexibility index (Phi) is 5.23. The molecule has 0 saturated carbocycles. The minimum Gasteiger partial charge on any atom is -0.483 e. The Morgan fingerprint density at radius 2 is 2.12 bits per heavy atom. The highest BCUT2D eigenvalue weighted by Gasteiger charge is 2.30. The van der Waals surface area contributed by atoms with Gasteiger partial charge in [0.25, 0.3) is 0 Å². The maximum Gasteiger partial charge on any atom is 0.207 e. The van der Waals surface area contributed by atoms with Crippen molar-refractivity contribution in [3.63, 3.8) is 0 Å². The van der Waals surface area contributed by atoms with Crippen molar-refractivity contribution >= 4 is 11.5 Å². The molecular formula is C18H20N4O2. The van der Waals surface area contributed by atoms with Crippen LogP contribution in [0.25, 0.3) is 5.70 Å². The Balaban J connectivity index is 2.59. The highest BCUT2D eigenvalue weighted by molar-refractivity contribution is 5.91. The number of nitrogens with zero attached hydrogens (tertiary/aromatic N) is 4. The number of amidine groups is 1. The number of fused-ring (bicyclic) bond motifs is 1. The Labute approximate surface area is 142 Å². The first-order chi connectivity index (χ1) is 11.4. The molecule has 1 aromatic rings. The molecule has 0 atom stereocenters. The average molecular weight is 324 g/mol. The zero-order chi connectivity index (χ0) is 17.7. The first-order valence-electron chi connectivity index (χ1n) is 7.58. The second-order valence-corrected chi connectivity index (χ2v) is 5.96. The lowest BCUT2D eigenvalue weighted by molar-refractivity contribution is 0.154. The van der Waals surface area contributed by atoms with Crippen molar-refractivity contribution < 1.29 is 9.47 Å². The van der Waals surface area contributed by atoms with Gasteiger partial charge in [-0.05, 0) is 45.0 Å². The summed E-state index contributed by atoms with van der Waals surface area (Å²) in [5, 5.41) is 18.1. The maximum atomic E-state index is 9.19. The van der Waals surface area contributed by atoms with Crippen LogP contribution in [0.3, 0.4) is 0 Å². The highest BCUT2D eigenvalue weighted by Crippen LogP contribution is 2.38. The van der Waals surface area contributed by atoms with Crippen molar-refractivity contribution in [2.24, 2.45) is 4.99 Å². The quantitative estimate of drug-likeness (QED) is 0.483. The fraction of sp³-hybridized carbons (Fsp3) is 0.389. The second-order valence-electron chi connectivity index (χ2n) is 5.96. The smallest absolute Gasteiger partial charge is 0.207 e. The molecule has 0 N–H and O–H groups in total. The van der Waals surface area contributed by atoms with E-state index in [4.69, 9.17) is 14.7 Å². The summed E-state index contributed by atoms with van der Waals surface area (Å²) in [5.41, 5.74) is 1.68. The van der Waals surface area contributed by atoms with Gasteiger partial charge in [0.15, 0.2) is 0 Å². The van der Waals surface area contributed by atoms with E-state index >= 15 is 0 Å². The van der Waals surface area contributed by atoms with Crippen LogP contribution < -0.4 is 4.74 Å². The van der Waals surface area contributed by atoms with E-state index in [1.165, 1.54) is 0 Å². The molecule has 6 nitrogen and oxygen atoms in total. The third-order valence-corrected chi connectivity index (χ3v) is 3.65. The molecule has 6 heteroatoms. The summed E-state index contributed by atoms with van der Waals surface area (Å²) in [4.78, 5) is 5.78. The average Bonchev–Trinajstić information content (AvgIpc) is 2.54. The van der Waals surface area contributed by atoms with Crippen molar-refractivity contribution in [2.45, 2.75) is 26.4 Å². The predicted molar refractivity (Wildman–Crippen MR) is 91.1 cm³/mol. The lowest BCUT2D eigenvalue weighted by Crippen LogP contribution is -2.37. The van der Waals surface area contributed by atoms with Gasteiger partial charge in [0, 0.05) is 19.2 Å². The number of benzene rings is 1. The number of aliphatic imine (C=N–C) groups is 1. The van der Waals surface area contributed by atoms with E-state index in [1.54, 1.807) is 32.2 Å². The van der Waals surface area contributed by atoms with Crippen LogP contribution >= 0.6 is 0 Å².